The van der Waals surface area contributed by atoms with Crippen LogP contribution in [0, 0.1) is 0 Å². The van der Waals surface area contributed by atoms with Gasteiger partial charge in [-0.2, -0.15) is 4.98 Å². The van der Waals surface area contributed by atoms with Crippen LogP contribution in [0.25, 0.3) is 0 Å². The van der Waals surface area contributed by atoms with E-state index in [1.807, 2.05) is 0 Å². The number of aliphatic hydroxyl groups excluding tert-OH is 2. The van der Waals surface area contributed by atoms with E-state index in [9.17, 15) is 14.3 Å². The molecule has 0 radical (unpaired) electrons. The minimum absolute atomic E-state index is 0.0243. The van der Waals surface area contributed by atoms with Gasteiger partial charge in [-0.3, -0.25) is 4.57 Å². The first kappa shape index (κ1) is 17.3. The molecule has 0 aliphatic carbocycles. The zero-order valence-corrected chi connectivity index (χ0v) is 11.7. The second-order valence-corrected chi connectivity index (χ2v) is 4.45. The molecule has 1 aliphatic rings. The van der Waals surface area contributed by atoms with Crippen LogP contribution in [-0.4, -0.2) is 45.3 Å². The molecule has 21 heavy (non-hydrogen) atoms. The van der Waals surface area contributed by atoms with E-state index < -0.39 is 30.3 Å². The second-order valence-electron chi connectivity index (χ2n) is 4.45. The summed E-state index contributed by atoms with van der Waals surface area (Å²) in [6.45, 7) is 3.50. The van der Waals surface area contributed by atoms with Gasteiger partial charge in [-0.05, 0) is 12.5 Å². The highest BCUT2D eigenvalue weighted by molar-refractivity contribution is 5.23. The number of aliphatic hydroxyl groups is 2. The minimum Gasteiger partial charge on any atom is -0.400 e. The molecule has 118 valence electrons. The molecule has 1 aromatic heterocycles. The number of aromatic nitrogens is 2. The standard InChI is InChI=1S/C12H16FN3O3.CH4O/c1-2-3-8(17)9-6-7(13)11(19-9)16-5-4-10(14)15-12(16)18;1-2/h2,4-5,7-9,11,17H,1,3,6H2,(H2,14,15,18);2H,1H3/t7-,8-,9?,11+;/m0./s1. The molecule has 2 heterocycles. The summed E-state index contributed by atoms with van der Waals surface area (Å²) in [5.74, 6) is 0.0675. The number of nitrogens with zero attached hydrogens (tertiary/aromatic N) is 2. The van der Waals surface area contributed by atoms with E-state index in [-0.39, 0.29) is 12.2 Å². The van der Waals surface area contributed by atoms with Gasteiger partial charge in [0.05, 0.1) is 12.2 Å². The first-order valence-electron chi connectivity index (χ1n) is 6.40. The van der Waals surface area contributed by atoms with E-state index in [0.717, 1.165) is 11.7 Å². The number of ether oxygens (including phenoxy) is 1. The van der Waals surface area contributed by atoms with E-state index in [2.05, 4.69) is 11.6 Å². The van der Waals surface area contributed by atoms with Crippen molar-refractivity contribution in [3.8, 4) is 0 Å². The highest BCUT2D eigenvalue weighted by Crippen LogP contribution is 2.32. The van der Waals surface area contributed by atoms with Crippen LogP contribution in [0.1, 0.15) is 19.1 Å². The molecular weight excluding hydrogens is 281 g/mol. The molecule has 0 bridgehead atoms. The van der Waals surface area contributed by atoms with Gasteiger partial charge in [0.25, 0.3) is 0 Å². The topological polar surface area (TPSA) is 111 Å². The lowest BCUT2D eigenvalue weighted by Crippen LogP contribution is -2.31. The van der Waals surface area contributed by atoms with E-state index in [1.54, 1.807) is 0 Å². The average Bonchev–Trinajstić information content (AvgIpc) is 2.83. The summed E-state index contributed by atoms with van der Waals surface area (Å²) < 4.78 is 20.4. The third-order valence-electron chi connectivity index (χ3n) is 3.04. The highest BCUT2D eigenvalue weighted by Gasteiger charge is 2.40. The van der Waals surface area contributed by atoms with Gasteiger partial charge in [-0.25, -0.2) is 9.18 Å². The van der Waals surface area contributed by atoms with Gasteiger partial charge in [0, 0.05) is 19.7 Å². The highest BCUT2D eigenvalue weighted by atomic mass is 19.1. The molecule has 1 unspecified atom stereocenters. The Balaban J connectivity index is 0.00000106. The number of nitrogens with two attached hydrogens (primary N) is 1. The van der Waals surface area contributed by atoms with Gasteiger partial charge < -0.3 is 20.7 Å². The maximum absolute atomic E-state index is 13.9. The average molecular weight is 301 g/mol. The molecule has 2 rings (SSSR count). The van der Waals surface area contributed by atoms with Gasteiger partial charge in [-0.1, -0.05) is 6.08 Å². The predicted octanol–water partition coefficient (Wildman–Crippen LogP) is -0.00340. The third-order valence-corrected chi connectivity index (χ3v) is 3.04. The van der Waals surface area contributed by atoms with Crippen LogP contribution in [0.2, 0.25) is 0 Å². The number of alkyl halides is 1. The van der Waals surface area contributed by atoms with Gasteiger partial charge in [0.2, 0.25) is 0 Å². The molecule has 0 amide bonds. The van der Waals surface area contributed by atoms with Crippen LogP contribution < -0.4 is 11.4 Å². The number of hydrogen-bond donors (Lipinski definition) is 3. The van der Waals surface area contributed by atoms with Crippen molar-refractivity contribution < 1.29 is 19.3 Å². The summed E-state index contributed by atoms with van der Waals surface area (Å²) in [5, 5.41) is 16.8. The summed E-state index contributed by atoms with van der Waals surface area (Å²) in [4.78, 5) is 15.1. The number of hydrogen-bond acceptors (Lipinski definition) is 6. The van der Waals surface area contributed by atoms with Gasteiger partial charge in [-0.15, -0.1) is 6.58 Å². The molecule has 1 aliphatic heterocycles. The fraction of sp³-hybridized carbons (Fsp3) is 0.538. The summed E-state index contributed by atoms with van der Waals surface area (Å²) >= 11 is 0. The molecule has 8 heteroatoms. The molecule has 1 aromatic rings. The smallest absolute Gasteiger partial charge is 0.351 e. The lowest BCUT2D eigenvalue weighted by atomic mass is 10.1. The predicted molar refractivity (Wildman–Crippen MR) is 75.3 cm³/mol. The molecule has 4 atom stereocenters. The summed E-state index contributed by atoms with van der Waals surface area (Å²) in [5.41, 5.74) is 4.69. The molecule has 0 spiro atoms. The zero-order chi connectivity index (χ0) is 16.0. The lowest BCUT2D eigenvalue weighted by molar-refractivity contribution is -0.0682. The molecule has 0 saturated carbocycles. The van der Waals surface area contributed by atoms with Crippen molar-refractivity contribution in [1.29, 1.82) is 0 Å². The fourth-order valence-corrected chi connectivity index (χ4v) is 2.09. The van der Waals surface area contributed by atoms with Gasteiger partial charge in [0.1, 0.15) is 12.0 Å². The second kappa shape index (κ2) is 7.87. The number of rotatable bonds is 4. The zero-order valence-electron chi connectivity index (χ0n) is 11.7. The van der Waals surface area contributed by atoms with Crippen LogP contribution in [0.5, 0.6) is 0 Å². The van der Waals surface area contributed by atoms with E-state index in [4.69, 9.17) is 15.6 Å². The SMILES string of the molecule is C=CC[C@H](O)C1C[C@H](F)[C@H](n2ccc(N)nc2=O)O1.CO. The van der Waals surface area contributed by atoms with Gasteiger partial charge >= 0.3 is 5.69 Å². The Hall–Kier alpha value is -1.77. The molecular formula is C13H20FN3O4. The van der Waals surface area contributed by atoms with Crippen molar-refractivity contribution in [2.45, 2.75) is 37.4 Å². The van der Waals surface area contributed by atoms with Crippen LogP contribution in [0.15, 0.2) is 29.7 Å². The fourth-order valence-electron chi connectivity index (χ4n) is 2.09. The summed E-state index contributed by atoms with van der Waals surface area (Å²) in [6.07, 6.45) is -0.760. The van der Waals surface area contributed by atoms with Crippen molar-refractivity contribution in [3.05, 3.63) is 35.4 Å². The Morgan fingerprint density at radius 1 is 1.71 bits per heavy atom. The van der Waals surface area contributed by atoms with Crippen molar-refractivity contribution in [3.63, 3.8) is 0 Å². The Bertz CT molecular complexity index is 522. The first-order valence-corrected chi connectivity index (χ1v) is 6.40. The first-order chi connectivity index (χ1) is 10.0. The molecule has 0 aromatic carbocycles. The van der Waals surface area contributed by atoms with Crippen molar-refractivity contribution in [2.75, 3.05) is 12.8 Å². The Kier molecular flexibility index (Phi) is 6.47. The minimum atomic E-state index is -1.38. The van der Waals surface area contributed by atoms with Gasteiger partial charge in [0.15, 0.2) is 6.23 Å². The third kappa shape index (κ3) is 4.10. The Morgan fingerprint density at radius 3 is 2.95 bits per heavy atom. The molecule has 4 N–H and O–H groups in total. The van der Waals surface area contributed by atoms with Crippen molar-refractivity contribution in [1.82, 2.24) is 9.55 Å². The van der Waals surface area contributed by atoms with Crippen LogP contribution in [-0.2, 0) is 4.74 Å². The van der Waals surface area contributed by atoms with Crippen LogP contribution >= 0.6 is 0 Å². The normalized spacial score (nSPS) is 25.8. The number of anilines is 1. The molecule has 7 nitrogen and oxygen atoms in total. The summed E-state index contributed by atoms with van der Waals surface area (Å²) in [6, 6.07) is 1.39. The maximum Gasteiger partial charge on any atom is 0.351 e. The van der Waals surface area contributed by atoms with E-state index in [1.165, 1.54) is 18.3 Å². The Labute approximate surface area is 121 Å². The largest absolute Gasteiger partial charge is 0.400 e. The summed E-state index contributed by atoms with van der Waals surface area (Å²) in [7, 11) is 1.00. The molecule has 1 fully saturated rings. The number of nitrogen functional groups attached to an aromatic ring is 1. The van der Waals surface area contributed by atoms with Crippen molar-refractivity contribution in [2.24, 2.45) is 0 Å². The van der Waals surface area contributed by atoms with Crippen LogP contribution in [0.3, 0.4) is 0 Å². The molecule has 1 saturated heterocycles. The lowest BCUT2D eigenvalue weighted by Gasteiger charge is -2.18. The Morgan fingerprint density at radius 2 is 2.38 bits per heavy atom. The van der Waals surface area contributed by atoms with Crippen molar-refractivity contribution >= 4 is 5.82 Å². The quantitative estimate of drug-likeness (QED) is 0.675. The number of halogens is 1. The monoisotopic (exact) mass is 301 g/mol. The van der Waals surface area contributed by atoms with E-state index >= 15 is 0 Å². The van der Waals surface area contributed by atoms with E-state index in [0.29, 0.717) is 6.42 Å². The van der Waals surface area contributed by atoms with Crippen LogP contribution in [0.4, 0.5) is 10.2 Å². The maximum atomic E-state index is 13.9.